The molecule has 1 aromatic rings. The molecule has 0 bridgehead atoms. The van der Waals surface area contributed by atoms with Crippen LogP contribution >= 0.6 is 0 Å². The highest BCUT2D eigenvalue weighted by atomic mass is 16.2. The lowest BCUT2D eigenvalue weighted by Gasteiger charge is -2.36. The summed E-state index contributed by atoms with van der Waals surface area (Å²) in [7, 11) is 0. The number of carbonyl (C=O) groups excluding carboxylic acids is 2. The topological polar surface area (TPSA) is 80.8 Å². The zero-order valence-corrected chi connectivity index (χ0v) is 18.9. The van der Waals surface area contributed by atoms with E-state index < -0.39 is 0 Å². The molecule has 7 heteroatoms. The summed E-state index contributed by atoms with van der Waals surface area (Å²) >= 11 is 0. The number of H-pyrrole nitrogens is 1. The summed E-state index contributed by atoms with van der Waals surface area (Å²) in [6.45, 7) is 6.56. The molecule has 2 unspecified atom stereocenters. The second-order valence-corrected chi connectivity index (χ2v) is 9.47. The summed E-state index contributed by atoms with van der Waals surface area (Å²) in [5.41, 5.74) is 2.48. The molecule has 2 fully saturated rings. The van der Waals surface area contributed by atoms with Crippen molar-refractivity contribution < 1.29 is 9.59 Å². The minimum absolute atomic E-state index is 0.00669. The van der Waals surface area contributed by atoms with Crippen LogP contribution in [-0.2, 0) is 16.0 Å². The molecule has 2 N–H and O–H groups in total. The number of aliphatic imine (C=N–C) groups is 1. The normalized spacial score (nSPS) is 24.6. The number of aromatic nitrogens is 1. The van der Waals surface area contributed by atoms with Gasteiger partial charge in [-0.05, 0) is 56.9 Å². The molecule has 2 amide bonds. The monoisotopic (exact) mass is 427 g/mol. The van der Waals surface area contributed by atoms with Gasteiger partial charge in [0.2, 0.25) is 11.8 Å². The average molecular weight is 428 g/mol. The molecule has 3 aliphatic rings. The minimum Gasteiger partial charge on any atom is -0.364 e. The Morgan fingerprint density at radius 2 is 1.97 bits per heavy atom. The van der Waals surface area contributed by atoms with Crippen LogP contribution in [0.2, 0.25) is 0 Å². The molecule has 0 aromatic carbocycles. The maximum absolute atomic E-state index is 12.5. The molecule has 0 radical (unpaired) electrons. The molecular formula is C24H37N5O2. The van der Waals surface area contributed by atoms with Gasteiger partial charge in [-0.1, -0.05) is 6.92 Å². The molecule has 3 aliphatic heterocycles. The Morgan fingerprint density at radius 3 is 2.81 bits per heavy atom. The lowest BCUT2D eigenvalue weighted by atomic mass is 9.98. The van der Waals surface area contributed by atoms with Crippen molar-refractivity contribution in [3.05, 3.63) is 23.5 Å². The summed E-state index contributed by atoms with van der Waals surface area (Å²) < 4.78 is 0. The van der Waals surface area contributed by atoms with Gasteiger partial charge in [-0.25, -0.2) is 0 Å². The van der Waals surface area contributed by atoms with Gasteiger partial charge in [0.25, 0.3) is 0 Å². The summed E-state index contributed by atoms with van der Waals surface area (Å²) in [6.07, 6.45) is 10.2. The third kappa shape index (κ3) is 5.69. The summed E-state index contributed by atoms with van der Waals surface area (Å²) in [5, 5.41) is 3.19. The fourth-order valence-electron chi connectivity index (χ4n) is 5.01. The van der Waals surface area contributed by atoms with Crippen molar-refractivity contribution in [2.24, 2.45) is 10.9 Å². The first-order valence-electron chi connectivity index (χ1n) is 12.1. The first-order valence-corrected chi connectivity index (χ1v) is 12.1. The first kappa shape index (κ1) is 21.9. The number of aromatic amines is 1. The highest BCUT2D eigenvalue weighted by Gasteiger charge is 2.27. The number of amidine groups is 1. The van der Waals surface area contributed by atoms with E-state index in [-0.39, 0.29) is 24.3 Å². The van der Waals surface area contributed by atoms with E-state index in [9.17, 15) is 9.59 Å². The lowest BCUT2D eigenvalue weighted by molar-refractivity contribution is -0.134. The molecule has 1 aromatic heterocycles. The number of piperidine rings is 2. The largest absolute Gasteiger partial charge is 0.364 e. The summed E-state index contributed by atoms with van der Waals surface area (Å²) in [5.74, 6) is 1.76. The Morgan fingerprint density at radius 1 is 1.13 bits per heavy atom. The van der Waals surface area contributed by atoms with Gasteiger partial charge < -0.3 is 20.1 Å². The number of hydrogen-bond acceptors (Lipinski definition) is 4. The number of nitrogens with one attached hydrogen (secondary N) is 2. The van der Waals surface area contributed by atoms with E-state index in [1.54, 1.807) is 0 Å². The maximum Gasteiger partial charge on any atom is 0.223 e. The van der Waals surface area contributed by atoms with Crippen molar-refractivity contribution in [2.45, 2.75) is 70.8 Å². The van der Waals surface area contributed by atoms with Crippen LogP contribution in [0, 0.1) is 5.92 Å². The van der Waals surface area contributed by atoms with E-state index >= 15 is 0 Å². The van der Waals surface area contributed by atoms with Crippen LogP contribution in [0.5, 0.6) is 0 Å². The number of amides is 2. The van der Waals surface area contributed by atoms with Crippen molar-refractivity contribution in [1.82, 2.24) is 20.1 Å². The van der Waals surface area contributed by atoms with Gasteiger partial charge in [-0.3, -0.25) is 14.6 Å². The second-order valence-electron chi connectivity index (χ2n) is 9.47. The number of rotatable bonds is 4. The Hall–Kier alpha value is -2.31. The van der Waals surface area contributed by atoms with E-state index in [0.29, 0.717) is 12.3 Å². The second kappa shape index (κ2) is 10.3. The highest BCUT2D eigenvalue weighted by Crippen LogP contribution is 2.22. The van der Waals surface area contributed by atoms with Crippen LogP contribution in [0.1, 0.15) is 69.5 Å². The fourth-order valence-corrected chi connectivity index (χ4v) is 5.01. The standard InChI is InChI=1S/C24H37N5O2/c1-18-7-8-21-20(11-12-25-21)24(26-16-18)29-15-5-6-19(17-29)27-22(30)9-10-23(31)28-13-3-2-4-14-28/h11-12,18-19,25H,2-10,13-17H2,1H3,(H,27,30). The van der Waals surface area contributed by atoms with E-state index in [1.165, 1.54) is 17.7 Å². The smallest absolute Gasteiger partial charge is 0.223 e. The Kier molecular flexibility index (Phi) is 7.30. The first-order chi connectivity index (χ1) is 15.1. The Bertz CT molecular complexity index is 796. The molecular weight excluding hydrogens is 390 g/mol. The van der Waals surface area contributed by atoms with Gasteiger partial charge in [-0.2, -0.15) is 0 Å². The number of nitrogens with zero attached hydrogens (tertiary/aromatic N) is 3. The van der Waals surface area contributed by atoms with E-state index in [2.05, 4.69) is 28.2 Å². The number of likely N-dealkylation sites (tertiary alicyclic amines) is 2. The van der Waals surface area contributed by atoms with Gasteiger partial charge in [0.15, 0.2) is 0 Å². The molecule has 7 nitrogen and oxygen atoms in total. The highest BCUT2D eigenvalue weighted by molar-refractivity contribution is 6.00. The van der Waals surface area contributed by atoms with Gasteiger partial charge >= 0.3 is 0 Å². The van der Waals surface area contributed by atoms with Crippen LogP contribution < -0.4 is 5.32 Å². The van der Waals surface area contributed by atoms with Gasteiger partial charge in [0.05, 0.1) is 0 Å². The van der Waals surface area contributed by atoms with E-state index in [1.807, 2.05) is 11.1 Å². The SMILES string of the molecule is CC1CCc2[nH]ccc2C(N2CCCC(NC(=O)CCC(=O)N3CCCCC3)C2)=NC1. The zero-order valence-electron chi connectivity index (χ0n) is 18.9. The molecule has 2 atom stereocenters. The Balaban J connectivity index is 1.31. The molecule has 170 valence electrons. The van der Waals surface area contributed by atoms with Gasteiger partial charge in [-0.15, -0.1) is 0 Å². The van der Waals surface area contributed by atoms with Crippen molar-refractivity contribution in [2.75, 3.05) is 32.7 Å². The number of aryl methyl sites for hydroxylation is 1. The summed E-state index contributed by atoms with van der Waals surface area (Å²) in [4.78, 5) is 37.5. The van der Waals surface area contributed by atoms with Gasteiger partial charge in [0.1, 0.15) is 5.84 Å². The molecule has 31 heavy (non-hydrogen) atoms. The molecule has 0 saturated carbocycles. The van der Waals surface area contributed by atoms with E-state index in [4.69, 9.17) is 4.99 Å². The molecule has 0 spiro atoms. The predicted octanol–water partition coefficient (Wildman–Crippen LogP) is 2.72. The summed E-state index contributed by atoms with van der Waals surface area (Å²) in [6, 6.07) is 2.25. The van der Waals surface area contributed by atoms with Crippen LogP contribution in [0.15, 0.2) is 17.3 Å². The lowest BCUT2D eigenvalue weighted by Crippen LogP contribution is -2.50. The van der Waals surface area contributed by atoms with Crippen LogP contribution in [0.25, 0.3) is 0 Å². The van der Waals surface area contributed by atoms with Crippen LogP contribution in [-0.4, -0.2) is 71.2 Å². The van der Waals surface area contributed by atoms with Crippen molar-refractivity contribution in [1.29, 1.82) is 0 Å². The van der Waals surface area contributed by atoms with Crippen LogP contribution in [0.4, 0.5) is 0 Å². The van der Waals surface area contributed by atoms with E-state index in [0.717, 1.165) is 77.1 Å². The van der Waals surface area contributed by atoms with Crippen molar-refractivity contribution in [3.63, 3.8) is 0 Å². The third-order valence-corrected chi connectivity index (χ3v) is 6.87. The molecule has 2 saturated heterocycles. The quantitative estimate of drug-likeness (QED) is 0.775. The Labute approximate surface area is 185 Å². The average Bonchev–Trinajstić information content (AvgIpc) is 3.23. The van der Waals surface area contributed by atoms with Gasteiger partial charge in [0, 0.05) is 69.1 Å². The minimum atomic E-state index is -0.00669. The molecule has 4 rings (SSSR count). The van der Waals surface area contributed by atoms with Crippen molar-refractivity contribution in [3.8, 4) is 0 Å². The number of fused-ring (bicyclic) bond motifs is 1. The molecule has 0 aliphatic carbocycles. The van der Waals surface area contributed by atoms with Crippen molar-refractivity contribution >= 4 is 17.6 Å². The third-order valence-electron chi connectivity index (χ3n) is 6.87. The molecule has 4 heterocycles. The number of carbonyl (C=O) groups is 2. The maximum atomic E-state index is 12.5. The number of hydrogen-bond donors (Lipinski definition) is 2. The zero-order chi connectivity index (χ0) is 21.6. The fraction of sp³-hybridized carbons (Fsp3) is 0.708. The predicted molar refractivity (Wildman–Crippen MR) is 122 cm³/mol. The van der Waals surface area contributed by atoms with Crippen LogP contribution in [0.3, 0.4) is 0 Å².